The minimum atomic E-state index is -4.19. The number of pyridine rings is 1. The van der Waals surface area contributed by atoms with Crippen LogP contribution in [0.4, 0.5) is 0 Å². The lowest BCUT2D eigenvalue weighted by atomic mass is 9.93. The summed E-state index contributed by atoms with van der Waals surface area (Å²) in [5.74, 6) is 0.530. The number of aliphatic hydroxyl groups excluding tert-OH is 1. The number of nitrogens with two attached hydrogens (primary N) is 1. The van der Waals surface area contributed by atoms with Crippen LogP contribution in [0, 0.1) is 13.8 Å². The average molecular weight is 493 g/mol. The third kappa shape index (κ3) is 4.38. The van der Waals surface area contributed by atoms with E-state index >= 15 is 0 Å². The van der Waals surface area contributed by atoms with Crippen LogP contribution in [0.2, 0.25) is 5.15 Å². The van der Waals surface area contributed by atoms with Crippen molar-refractivity contribution in [2.75, 3.05) is 6.61 Å². The molecule has 33 heavy (non-hydrogen) atoms. The highest BCUT2D eigenvalue weighted by molar-refractivity contribution is 7.89. The molecule has 0 spiro atoms. The maximum absolute atomic E-state index is 13.3. The topological polar surface area (TPSA) is 133 Å². The first-order chi connectivity index (χ1) is 15.5. The number of aromatic nitrogens is 1. The van der Waals surface area contributed by atoms with E-state index in [0.717, 1.165) is 18.4 Å². The van der Waals surface area contributed by atoms with E-state index in [-0.39, 0.29) is 28.4 Å². The molecule has 1 aliphatic carbocycles. The first-order valence-corrected chi connectivity index (χ1v) is 12.4. The van der Waals surface area contributed by atoms with E-state index in [4.69, 9.17) is 25.9 Å². The Kier molecular flexibility index (Phi) is 6.03. The summed E-state index contributed by atoms with van der Waals surface area (Å²) in [7, 11) is -4.19. The molecule has 0 amide bonds. The fraction of sp³-hybridized carbons (Fsp3) is 0.391. The molecule has 3 aromatic rings. The first-order valence-electron chi connectivity index (χ1n) is 10.5. The number of hydrogen-bond acceptors (Lipinski definition) is 7. The molecule has 176 valence electrons. The monoisotopic (exact) mass is 492 g/mol. The zero-order chi connectivity index (χ0) is 24.1. The number of primary sulfonamides is 1. The van der Waals surface area contributed by atoms with Crippen LogP contribution < -0.4 is 15.3 Å². The van der Waals surface area contributed by atoms with Crippen LogP contribution in [0.15, 0.2) is 38.5 Å². The molecule has 4 rings (SSSR count). The van der Waals surface area contributed by atoms with E-state index in [1.54, 1.807) is 19.9 Å². The van der Waals surface area contributed by atoms with Gasteiger partial charge < -0.3 is 14.3 Å². The van der Waals surface area contributed by atoms with Crippen molar-refractivity contribution < 1.29 is 22.7 Å². The molecule has 0 bridgehead atoms. The van der Waals surface area contributed by atoms with Crippen molar-refractivity contribution in [2.45, 2.75) is 56.6 Å². The van der Waals surface area contributed by atoms with Crippen molar-refractivity contribution in [3.05, 3.63) is 62.1 Å². The van der Waals surface area contributed by atoms with Gasteiger partial charge in [0.1, 0.15) is 22.6 Å². The number of nitrogens with zero attached hydrogens (tertiary/aromatic N) is 1. The fourth-order valence-electron chi connectivity index (χ4n) is 4.28. The van der Waals surface area contributed by atoms with Crippen LogP contribution >= 0.6 is 11.6 Å². The van der Waals surface area contributed by atoms with Gasteiger partial charge in [0.25, 0.3) is 10.0 Å². The largest absolute Gasteiger partial charge is 0.483 e. The molecule has 0 unspecified atom stereocenters. The van der Waals surface area contributed by atoms with Crippen molar-refractivity contribution in [3.63, 3.8) is 0 Å². The van der Waals surface area contributed by atoms with Crippen LogP contribution in [0.5, 0.6) is 5.75 Å². The third-order valence-corrected chi connectivity index (χ3v) is 7.16. The Morgan fingerprint density at radius 3 is 2.61 bits per heavy atom. The first kappa shape index (κ1) is 23.7. The SMILES string of the molecule is Cc1cc([C@@H](C)Oc2ccc(Cl)nc2S(N)(=O)=O)c2oc(C3(CCO)CC3)c(C)c(=O)c2c1. The summed E-state index contributed by atoms with van der Waals surface area (Å²) < 4.78 is 36.3. The highest BCUT2D eigenvalue weighted by atomic mass is 35.5. The van der Waals surface area contributed by atoms with Gasteiger partial charge in [0.2, 0.25) is 5.03 Å². The van der Waals surface area contributed by atoms with Gasteiger partial charge in [-0.1, -0.05) is 11.6 Å². The summed E-state index contributed by atoms with van der Waals surface area (Å²) in [5, 5.41) is 14.7. The van der Waals surface area contributed by atoms with E-state index in [0.29, 0.717) is 34.3 Å². The predicted octanol–water partition coefficient (Wildman–Crippen LogP) is 3.66. The van der Waals surface area contributed by atoms with Gasteiger partial charge in [-0.25, -0.2) is 18.5 Å². The van der Waals surface area contributed by atoms with E-state index in [1.165, 1.54) is 12.1 Å². The lowest BCUT2D eigenvalue weighted by molar-refractivity contribution is 0.218. The van der Waals surface area contributed by atoms with Gasteiger partial charge in [-0.05, 0) is 69.9 Å². The second-order valence-electron chi connectivity index (χ2n) is 8.61. The molecule has 0 radical (unpaired) electrons. The van der Waals surface area contributed by atoms with Crippen molar-refractivity contribution in [1.29, 1.82) is 0 Å². The van der Waals surface area contributed by atoms with E-state index in [9.17, 15) is 18.3 Å². The standard InChI is InChI=1S/C23H25ClN2O6S/c1-12-10-15(14(3)31-17-4-5-18(24)26-22(17)33(25,29)30)20-16(11-12)19(28)13(2)21(32-20)23(6-7-23)8-9-27/h4-5,10-11,14,27H,6-9H2,1-3H3,(H2,25,29,30)/t14-/m1/s1. The smallest absolute Gasteiger partial charge is 0.259 e. The van der Waals surface area contributed by atoms with Gasteiger partial charge in [-0.15, -0.1) is 0 Å². The number of aryl methyl sites for hydroxylation is 1. The van der Waals surface area contributed by atoms with Crippen LogP contribution in [0.3, 0.4) is 0 Å². The Labute approximate surface area is 196 Å². The molecule has 1 aliphatic rings. The molecule has 2 heterocycles. The number of hydrogen-bond donors (Lipinski definition) is 2. The van der Waals surface area contributed by atoms with Crippen LogP contribution in [-0.4, -0.2) is 25.1 Å². The highest BCUT2D eigenvalue weighted by Crippen LogP contribution is 2.52. The van der Waals surface area contributed by atoms with Crippen LogP contribution in [0.1, 0.15) is 54.7 Å². The van der Waals surface area contributed by atoms with Gasteiger partial charge in [0, 0.05) is 23.1 Å². The Hall–Kier alpha value is -2.46. The summed E-state index contributed by atoms with van der Waals surface area (Å²) in [6, 6.07) is 6.38. The Morgan fingerprint density at radius 2 is 2.00 bits per heavy atom. The van der Waals surface area contributed by atoms with Gasteiger partial charge in [-0.2, -0.15) is 0 Å². The van der Waals surface area contributed by atoms with E-state index < -0.39 is 21.2 Å². The number of rotatable bonds is 7. The Balaban J connectivity index is 1.86. The molecule has 2 aromatic heterocycles. The van der Waals surface area contributed by atoms with Crippen molar-refractivity contribution >= 4 is 32.6 Å². The normalized spacial score (nSPS) is 16.1. The van der Waals surface area contributed by atoms with E-state index in [1.807, 2.05) is 13.0 Å². The van der Waals surface area contributed by atoms with E-state index in [2.05, 4.69) is 4.98 Å². The maximum Gasteiger partial charge on any atom is 0.259 e. The molecular weight excluding hydrogens is 468 g/mol. The third-order valence-electron chi connectivity index (χ3n) is 6.12. The van der Waals surface area contributed by atoms with Gasteiger partial charge in [0.15, 0.2) is 11.2 Å². The zero-order valence-electron chi connectivity index (χ0n) is 18.5. The molecule has 8 nitrogen and oxygen atoms in total. The number of benzene rings is 1. The number of aliphatic hydroxyl groups is 1. The number of fused-ring (bicyclic) bond motifs is 1. The Bertz CT molecular complexity index is 1410. The second kappa shape index (κ2) is 8.39. The molecule has 1 atom stereocenters. The lowest BCUT2D eigenvalue weighted by Gasteiger charge is -2.21. The lowest BCUT2D eigenvalue weighted by Crippen LogP contribution is -2.19. The number of ether oxygens (including phenoxy) is 1. The molecular formula is C23H25ClN2O6S. The number of halogens is 1. The van der Waals surface area contributed by atoms with Gasteiger partial charge >= 0.3 is 0 Å². The summed E-state index contributed by atoms with van der Waals surface area (Å²) in [5.41, 5.74) is 1.85. The Morgan fingerprint density at radius 1 is 1.30 bits per heavy atom. The average Bonchev–Trinajstić information content (AvgIpc) is 3.51. The highest BCUT2D eigenvalue weighted by Gasteiger charge is 2.47. The van der Waals surface area contributed by atoms with Crippen molar-refractivity contribution in [3.8, 4) is 5.75 Å². The maximum atomic E-state index is 13.3. The molecule has 3 N–H and O–H groups in total. The molecule has 1 saturated carbocycles. The second-order valence-corrected chi connectivity index (χ2v) is 10.5. The zero-order valence-corrected chi connectivity index (χ0v) is 20.1. The summed E-state index contributed by atoms with van der Waals surface area (Å²) in [4.78, 5) is 17.1. The number of sulfonamides is 1. The summed E-state index contributed by atoms with van der Waals surface area (Å²) in [6.45, 7) is 5.32. The molecule has 10 heteroatoms. The summed E-state index contributed by atoms with van der Waals surface area (Å²) in [6.07, 6.45) is 1.49. The van der Waals surface area contributed by atoms with Gasteiger partial charge in [-0.3, -0.25) is 4.79 Å². The van der Waals surface area contributed by atoms with Crippen molar-refractivity contribution in [1.82, 2.24) is 4.98 Å². The van der Waals surface area contributed by atoms with Gasteiger partial charge in [0.05, 0.1) is 5.39 Å². The molecule has 1 fully saturated rings. The summed E-state index contributed by atoms with van der Waals surface area (Å²) >= 11 is 5.85. The fourth-order valence-corrected chi connectivity index (χ4v) is 5.10. The van der Waals surface area contributed by atoms with Crippen LogP contribution in [-0.2, 0) is 15.4 Å². The van der Waals surface area contributed by atoms with Crippen molar-refractivity contribution in [2.24, 2.45) is 5.14 Å². The molecule has 0 aliphatic heterocycles. The van der Waals surface area contributed by atoms with Crippen LogP contribution in [0.25, 0.3) is 11.0 Å². The predicted molar refractivity (Wildman–Crippen MR) is 124 cm³/mol. The quantitative estimate of drug-likeness (QED) is 0.481. The minimum Gasteiger partial charge on any atom is -0.483 e. The minimum absolute atomic E-state index is 0.00135. The molecule has 1 aromatic carbocycles. The molecule has 0 saturated heterocycles.